The predicted octanol–water partition coefficient (Wildman–Crippen LogP) is 1.38. The summed E-state index contributed by atoms with van der Waals surface area (Å²) in [6.45, 7) is 1.06. The number of rotatable bonds is 1. The molecule has 2 nitrogen and oxygen atoms in total. The van der Waals surface area contributed by atoms with E-state index in [4.69, 9.17) is 0 Å². The molecule has 0 aromatic heterocycles. The maximum atomic E-state index is 10.6. The van der Waals surface area contributed by atoms with Crippen molar-refractivity contribution in [2.24, 2.45) is 0 Å². The van der Waals surface area contributed by atoms with Gasteiger partial charge in [0.25, 0.3) is 0 Å². The van der Waals surface area contributed by atoms with Gasteiger partial charge >= 0.3 is 0 Å². The van der Waals surface area contributed by atoms with Gasteiger partial charge in [0.15, 0.2) is 0 Å². The monoisotopic (exact) mass is 237 g/mol. The van der Waals surface area contributed by atoms with Gasteiger partial charge in [-0.05, 0) is 30.5 Å². The first-order valence-electron chi connectivity index (χ1n) is 5.80. The normalized spacial score (nSPS) is 26.2. The smallest absolute Gasteiger partial charge is 0.0880 e. The maximum absolute atomic E-state index is 10.6. The number of aliphatic hydroxyl groups is 1. The first kappa shape index (κ1) is 12.0. The van der Waals surface area contributed by atoms with Crippen molar-refractivity contribution in [1.29, 1.82) is 0 Å². The summed E-state index contributed by atoms with van der Waals surface area (Å²) in [6, 6.07) is 8.70. The van der Waals surface area contributed by atoms with Crippen LogP contribution in [0.2, 0.25) is 0 Å². The largest absolute Gasteiger partial charge is 0.388 e. The fourth-order valence-electron chi connectivity index (χ4n) is 3.01. The van der Waals surface area contributed by atoms with E-state index in [1.54, 1.807) is 0 Å². The Morgan fingerprint density at radius 1 is 1.19 bits per heavy atom. The summed E-state index contributed by atoms with van der Waals surface area (Å²) in [5.74, 6) is 0. The van der Waals surface area contributed by atoms with Crippen molar-refractivity contribution in [2.45, 2.75) is 37.3 Å². The minimum Gasteiger partial charge on any atom is -0.388 e. The predicted molar refractivity (Wildman–Crippen MR) is 70.2 cm³/mol. The van der Waals surface area contributed by atoms with Gasteiger partial charge in [0.1, 0.15) is 0 Å². The molecule has 1 fully saturated rings. The lowest BCUT2D eigenvalue weighted by molar-refractivity contribution is 0.0177. The van der Waals surface area contributed by atoms with Crippen LogP contribution in [0.4, 0.5) is 0 Å². The topological polar surface area (TPSA) is 32.3 Å². The quantitative estimate of drug-likeness (QED) is 0.773. The Bertz CT molecular complexity index is 349. The molecule has 16 heavy (non-hydrogen) atoms. The van der Waals surface area contributed by atoms with Gasteiger partial charge in [0.2, 0.25) is 0 Å². The van der Waals surface area contributed by atoms with Crippen LogP contribution in [0.1, 0.15) is 24.0 Å². The lowest BCUT2D eigenvalue weighted by atomic mass is 9.90. The Morgan fingerprint density at radius 3 is 2.31 bits per heavy atom. The minimum absolute atomic E-state index is 0. The summed E-state index contributed by atoms with van der Waals surface area (Å²) in [7, 11) is 0. The van der Waals surface area contributed by atoms with Crippen molar-refractivity contribution in [3.8, 4) is 0 Å². The Kier molecular flexibility index (Phi) is 3.29. The van der Waals surface area contributed by atoms with Crippen LogP contribution >= 0.6 is 13.5 Å². The maximum Gasteiger partial charge on any atom is 0.0880 e. The molecular formula is C13H19NOS. The van der Waals surface area contributed by atoms with Crippen LogP contribution in [0.5, 0.6) is 0 Å². The van der Waals surface area contributed by atoms with E-state index >= 15 is 0 Å². The number of hydrogen-bond acceptors (Lipinski definition) is 2. The van der Waals surface area contributed by atoms with E-state index in [1.807, 2.05) is 0 Å². The molecule has 2 aliphatic rings. The first-order chi connectivity index (χ1) is 7.28. The minimum atomic E-state index is -0.528. The zero-order valence-electron chi connectivity index (χ0n) is 9.37. The molecule has 1 aliphatic heterocycles. The van der Waals surface area contributed by atoms with Crippen molar-refractivity contribution >= 4 is 13.5 Å². The Balaban J connectivity index is 0.000000963. The van der Waals surface area contributed by atoms with Gasteiger partial charge in [0.05, 0.1) is 5.60 Å². The molecule has 0 unspecified atom stereocenters. The second-order valence-corrected chi connectivity index (χ2v) is 4.87. The summed E-state index contributed by atoms with van der Waals surface area (Å²) in [5, 5.41) is 14.1. The van der Waals surface area contributed by atoms with Crippen LogP contribution < -0.4 is 5.32 Å². The van der Waals surface area contributed by atoms with E-state index in [1.165, 1.54) is 17.5 Å². The lowest BCUT2D eigenvalue weighted by Crippen LogP contribution is -2.48. The highest BCUT2D eigenvalue weighted by atomic mass is 32.1. The van der Waals surface area contributed by atoms with E-state index < -0.39 is 5.60 Å². The molecule has 1 saturated heterocycles. The molecule has 88 valence electrons. The van der Waals surface area contributed by atoms with Gasteiger partial charge in [-0.2, -0.15) is 13.5 Å². The molecule has 3 heteroatoms. The molecule has 0 saturated carbocycles. The van der Waals surface area contributed by atoms with E-state index in [0.29, 0.717) is 6.04 Å². The standard InChI is InChI=1S/C13H17NO.H2S/c15-13(12-6-3-7-14-12)8-10-4-1-2-5-11(10)9-13;/h1-2,4-5,12,14-15H,3,6-9H2;1H2/t12-;/m0./s1. The molecule has 1 aromatic rings. The van der Waals surface area contributed by atoms with E-state index in [2.05, 4.69) is 29.6 Å². The number of benzene rings is 1. The molecule has 0 amide bonds. The van der Waals surface area contributed by atoms with E-state index in [0.717, 1.165) is 25.8 Å². The molecule has 2 N–H and O–H groups in total. The summed E-state index contributed by atoms with van der Waals surface area (Å²) in [5.41, 5.74) is 2.13. The van der Waals surface area contributed by atoms with Gasteiger partial charge in [-0.3, -0.25) is 0 Å². The third-order valence-corrected chi connectivity index (χ3v) is 3.82. The first-order valence-corrected chi connectivity index (χ1v) is 5.80. The molecule has 3 rings (SSSR count). The summed E-state index contributed by atoms with van der Waals surface area (Å²) in [4.78, 5) is 0. The van der Waals surface area contributed by atoms with Crippen LogP contribution in [0.3, 0.4) is 0 Å². The van der Waals surface area contributed by atoms with Crippen LogP contribution in [-0.2, 0) is 12.8 Å². The van der Waals surface area contributed by atoms with Gasteiger partial charge < -0.3 is 10.4 Å². The molecule has 0 spiro atoms. The zero-order valence-corrected chi connectivity index (χ0v) is 10.4. The fraction of sp³-hybridized carbons (Fsp3) is 0.538. The molecule has 1 atom stereocenters. The fourth-order valence-corrected chi connectivity index (χ4v) is 3.01. The summed E-state index contributed by atoms with van der Waals surface area (Å²) < 4.78 is 0. The van der Waals surface area contributed by atoms with Crippen molar-refractivity contribution in [3.63, 3.8) is 0 Å². The average molecular weight is 237 g/mol. The van der Waals surface area contributed by atoms with Gasteiger partial charge in [0, 0.05) is 18.9 Å². The second-order valence-electron chi connectivity index (χ2n) is 4.87. The van der Waals surface area contributed by atoms with E-state index in [9.17, 15) is 5.11 Å². The molecule has 1 heterocycles. The van der Waals surface area contributed by atoms with Crippen molar-refractivity contribution < 1.29 is 5.11 Å². The molecule has 1 aromatic carbocycles. The number of nitrogens with one attached hydrogen (secondary N) is 1. The third kappa shape index (κ3) is 1.88. The van der Waals surface area contributed by atoms with Crippen molar-refractivity contribution in [2.75, 3.05) is 6.54 Å². The Labute approximate surface area is 104 Å². The van der Waals surface area contributed by atoms with E-state index in [-0.39, 0.29) is 13.5 Å². The van der Waals surface area contributed by atoms with Crippen LogP contribution in [0.15, 0.2) is 24.3 Å². The second kappa shape index (κ2) is 4.40. The highest BCUT2D eigenvalue weighted by molar-refractivity contribution is 7.59. The Hall–Kier alpha value is -0.510. The molecule has 1 aliphatic carbocycles. The van der Waals surface area contributed by atoms with Crippen LogP contribution in [0, 0.1) is 0 Å². The van der Waals surface area contributed by atoms with Crippen LogP contribution in [0.25, 0.3) is 0 Å². The summed E-state index contributed by atoms with van der Waals surface area (Å²) in [6.07, 6.45) is 3.95. The third-order valence-electron chi connectivity index (χ3n) is 3.82. The van der Waals surface area contributed by atoms with Crippen molar-refractivity contribution in [1.82, 2.24) is 5.32 Å². The highest BCUT2D eigenvalue weighted by Gasteiger charge is 2.42. The lowest BCUT2D eigenvalue weighted by Gasteiger charge is -2.29. The summed E-state index contributed by atoms with van der Waals surface area (Å²) >= 11 is 0. The zero-order chi connectivity index (χ0) is 10.3. The van der Waals surface area contributed by atoms with Crippen LogP contribution in [-0.4, -0.2) is 23.3 Å². The molecular weight excluding hydrogens is 218 g/mol. The molecule has 0 bridgehead atoms. The number of hydrogen-bond donors (Lipinski definition) is 2. The number of fused-ring (bicyclic) bond motifs is 1. The average Bonchev–Trinajstić information content (AvgIpc) is 2.83. The highest BCUT2D eigenvalue weighted by Crippen LogP contribution is 2.34. The SMILES string of the molecule is OC1([C@@H]2CCCN2)Cc2ccccc2C1.S. The Morgan fingerprint density at radius 2 is 1.81 bits per heavy atom. The van der Waals surface area contributed by atoms with Gasteiger partial charge in [-0.25, -0.2) is 0 Å². The van der Waals surface area contributed by atoms with Gasteiger partial charge in [-0.1, -0.05) is 24.3 Å². The molecule has 0 radical (unpaired) electrons. The van der Waals surface area contributed by atoms with Crippen molar-refractivity contribution in [3.05, 3.63) is 35.4 Å². The van der Waals surface area contributed by atoms with Gasteiger partial charge in [-0.15, -0.1) is 0 Å².